The maximum absolute atomic E-state index is 5.98. The van der Waals surface area contributed by atoms with Crippen LogP contribution in [0.1, 0.15) is 32.0 Å². The van der Waals surface area contributed by atoms with Gasteiger partial charge in [0.1, 0.15) is 5.82 Å². The van der Waals surface area contributed by atoms with Crippen LogP contribution in [0.5, 0.6) is 0 Å². The largest absolute Gasteiger partial charge is 0.337 e. The second-order valence-electron chi connectivity index (χ2n) is 3.84. The third-order valence-electron chi connectivity index (χ3n) is 2.67. The monoisotopic (exact) mass is 203 g/mol. The molecule has 0 bridgehead atoms. The minimum Gasteiger partial charge on any atom is -0.337 e. The second-order valence-corrected chi connectivity index (χ2v) is 3.84. The molecule has 0 aliphatic rings. The van der Waals surface area contributed by atoms with Gasteiger partial charge in [-0.15, -0.1) is 0 Å². The highest BCUT2D eigenvalue weighted by atomic mass is 15.3. The zero-order chi connectivity index (χ0) is 10.7. The average molecular weight is 203 g/mol. The first-order valence-electron chi connectivity index (χ1n) is 5.54. The summed E-state index contributed by atoms with van der Waals surface area (Å²) in [7, 11) is 0. The Morgan fingerprint density at radius 3 is 2.80 bits per heavy atom. The van der Waals surface area contributed by atoms with Gasteiger partial charge in [-0.3, -0.25) is 0 Å². The Balaban J connectivity index is 2.24. The summed E-state index contributed by atoms with van der Waals surface area (Å²) >= 11 is 0. The van der Waals surface area contributed by atoms with Crippen LogP contribution in [-0.4, -0.2) is 9.66 Å². The van der Waals surface area contributed by atoms with Gasteiger partial charge in [-0.25, -0.2) is 9.66 Å². The molecule has 0 spiro atoms. The van der Waals surface area contributed by atoms with Crippen molar-refractivity contribution in [2.24, 2.45) is 0 Å². The fourth-order valence-electron chi connectivity index (χ4n) is 1.80. The standard InChI is InChI=1S/C12H17N3/c1-2-3-4-9-12-14-10-7-5-6-8-11(10)15(12)13/h5-8H,2-4,9,13H2,1H3. The molecule has 0 fully saturated rings. The second kappa shape index (κ2) is 4.34. The van der Waals surface area contributed by atoms with Gasteiger partial charge in [0.15, 0.2) is 0 Å². The summed E-state index contributed by atoms with van der Waals surface area (Å²) in [5, 5.41) is 0. The molecule has 0 unspecified atom stereocenters. The number of fused-ring (bicyclic) bond motifs is 1. The molecule has 0 radical (unpaired) electrons. The number of hydrogen-bond donors (Lipinski definition) is 1. The molecule has 0 aliphatic carbocycles. The Kier molecular flexibility index (Phi) is 2.90. The average Bonchev–Trinajstić information content (AvgIpc) is 2.57. The van der Waals surface area contributed by atoms with Crippen molar-refractivity contribution in [2.45, 2.75) is 32.6 Å². The zero-order valence-corrected chi connectivity index (χ0v) is 9.11. The van der Waals surface area contributed by atoms with E-state index in [4.69, 9.17) is 5.84 Å². The van der Waals surface area contributed by atoms with Gasteiger partial charge in [0.2, 0.25) is 0 Å². The maximum Gasteiger partial charge on any atom is 0.128 e. The third kappa shape index (κ3) is 1.96. The smallest absolute Gasteiger partial charge is 0.128 e. The molecule has 3 heteroatoms. The number of aryl methyl sites for hydroxylation is 1. The highest BCUT2D eigenvalue weighted by Gasteiger charge is 2.06. The van der Waals surface area contributed by atoms with Gasteiger partial charge in [0.05, 0.1) is 11.0 Å². The van der Waals surface area contributed by atoms with E-state index >= 15 is 0 Å². The van der Waals surface area contributed by atoms with Crippen molar-refractivity contribution >= 4 is 11.0 Å². The fourth-order valence-corrected chi connectivity index (χ4v) is 1.80. The Bertz CT molecular complexity index is 445. The summed E-state index contributed by atoms with van der Waals surface area (Å²) in [5.41, 5.74) is 2.01. The van der Waals surface area contributed by atoms with Gasteiger partial charge >= 0.3 is 0 Å². The predicted molar refractivity (Wildman–Crippen MR) is 63.1 cm³/mol. The topological polar surface area (TPSA) is 43.8 Å². The molecule has 2 rings (SSSR count). The van der Waals surface area contributed by atoms with E-state index in [0.717, 1.165) is 29.7 Å². The Hall–Kier alpha value is -1.51. The van der Waals surface area contributed by atoms with Crippen molar-refractivity contribution in [3.8, 4) is 0 Å². The van der Waals surface area contributed by atoms with Gasteiger partial charge in [0.25, 0.3) is 0 Å². The highest BCUT2D eigenvalue weighted by molar-refractivity contribution is 5.75. The Morgan fingerprint density at radius 1 is 1.27 bits per heavy atom. The molecule has 0 saturated carbocycles. The number of para-hydroxylation sites is 2. The molecule has 0 amide bonds. The predicted octanol–water partition coefficient (Wildman–Crippen LogP) is 2.48. The molecule has 2 N–H and O–H groups in total. The van der Waals surface area contributed by atoms with E-state index in [1.807, 2.05) is 24.3 Å². The lowest BCUT2D eigenvalue weighted by Gasteiger charge is -2.00. The van der Waals surface area contributed by atoms with Crippen LogP contribution in [0.15, 0.2) is 24.3 Å². The van der Waals surface area contributed by atoms with Crippen LogP contribution in [0.4, 0.5) is 0 Å². The molecule has 1 heterocycles. The van der Waals surface area contributed by atoms with Gasteiger partial charge in [0, 0.05) is 6.42 Å². The van der Waals surface area contributed by atoms with Crippen LogP contribution in [0.25, 0.3) is 11.0 Å². The van der Waals surface area contributed by atoms with Crippen LogP contribution >= 0.6 is 0 Å². The summed E-state index contributed by atoms with van der Waals surface area (Å²) in [6.45, 7) is 2.20. The minimum absolute atomic E-state index is 0.971. The van der Waals surface area contributed by atoms with Crippen molar-refractivity contribution in [1.82, 2.24) is 9.66 Å². The van der Waals surface area contributed by atoms with Crippen LogP contribution in [0.2, 0.25) is 0 Å². The van der Waals surface area contributed by atoms with Gasteiger partial charge in [-0.05, 0) is 18.6 Å². The van der Waals surface area contributed by atoms with Crippen molar-refractivity contribution in [3.05, 3.63) is 30.1 Å². The van der Waals surface area contributed by atoms with E-state index in [0.29, 0.717) is 0 Å². The SMILES string of the molecule is CCCCCc1nc2ccccc2n1N. The molecule has 0 aliphatic heterocycles. The lowest BCUT2D eigenvalue weighted by atomic mass is 10.2. The van der Waals surface area contributed by atoms with Crippen molar-refractivity contribution in [3.63, 3.8) is 0 Å². The van der Waals surface area contributed by atoms with Crippen molar-refractivity contribution in [1.29, 1.82) is 0 Å². The first-order valence-corrected chi connectivity index (χ1v) is 5.54. The van der Waals surface area contributed by atoms with E-state index in [1.165, 1.54) is 12.8 Å². The van der Waals surface area contributed by atoms with E-state index in [2.05, 4.69) is 11.9 Å². The summed E-state index contributed by atoms with van der Waals surface area (Å²) < 4.78 is 1.71. The van der Waals surface area contributed by atoms with Crippen LogP contribution < -0.4 is 5.84 Å². The summed E-state index contributed by atoms with van der Waals surface area (Å²) in [6.07, 6.45) is 4.60. The normalized spacial score (nSPS) is 11.0. The van der Waals surface area contributed by atoms with Crippen molar-refractivity contribution < 1.29 is 0 Å². The van der Waals surface area contributed by atoms with Crippen LogP contribution in [-0.2, 0) is 6.42 Å². The number of benzene rings is 1. The molecular formula is C12H17N3. The molecule has 2 aromatic rings. The van der Waals surface area contributed by atoms with E-state index in [-0.39, 0.29) is 0 Å². The van der Waals surface area contributed by atoms with Crippen molar-refractivity contribution in [2.75, 3.05) is 5.84 Å². The molecular weight excluding hydrogens is 186 g/mol. The molecule has 15 heavy (non-hydrogen) atoms. The van der Waals surface area contributed by atoms with Crippen LogP contribution in [0.3, 0.4) is 0 Å². The highest BCUT2D eigenvalue weighted by Crippen LogP contribution is 2.14. The number of hydrogen-bond acceptors (Lipinski definition) is 2. The summed E-state index contributed by atoms with van der Waals surface area (Å²) in [4.78, 5) is 4.52. The molecule has 3 nitrogen and oxygen atoms in total. The van der Waals surface area contributed by atoms with Gasteiger partial charge in [-0.2, -0.15) is 0 Å². The first kappa shape index (κ1) is 10.0. The molecule has 0 atom stereocenters. The van der Waals surface area contributed by atoms with E-state index in [9.17, 15) is 0 Å². The lowest BCUT2D eigenvalue weighted by molar-refractivity contribution is 0.684. The number of nitrogens with two attached hydrogens (primary N) is 1. The maximum atomic E-state index is 5.98. The van der Waals surface area contributed by atoms with E-state index < -0.39 is 0 Å². The lowest BCUT2D eigenvalue weighted by Crippen LogP contribution is -2.12. The third-order valence-corrected chi connectivity index (χ3v) is 2.67. The quantitative estimate of drug-likeness (QED) is 0.613. The number of imidazole rings is 1. The zero-order valence-electron chi connectivity index (χ0n) is 9.11. The first-order chi connectivity index (χ1) is 7.33. The fraction of sp³-hybridized carbons (Fsp3) is 0.417. The molecule has 80 valence electrons. The number of aromatic nitrogens is 2. The number of nitrogens with zero attached hydrogens (tertiary/aromatic N) is 2. The number of unbranched alkanes of at least 4 members (excludes halogenated alkanes) is 2. The molecule has 1 aromatic carbocycles. The van der Waals surface area contributed by atoms with Crippen LogP contribution in [0, 0.1) is 0 Å². The van der Waals surface area contributed by atoms with Gasteiger partial charge < -0.3 is 5.84 Å². The number of rotatable bonds is 4. The molecule has 0 saturated heterocycles. The minimum atomic E-state index is 0.971. The van der Waals surface area contributed by atoms with Gasteiger partial charge in [-0.1, -0.05) is 31.9 Å². The van der Waals surface area contributed by atoms with E-state index in [1.54, 1.807) is 4.68 Å². The number of nitrogen functional groups attached to an aromatic ring is 1. The molecule has 1 aromatic heterocycles. The summed E-state index contributed by atoms with van der Waals surface area (Å²) in [6, 6.07) is 7.99. The Morgan fingerprint density at radius 2 is 2.07 bits per heavy atom. The Labute approximate surface area is 89.9 Å². The summed E-state index contributed by atoms with van der Waals surface area (Å²) in [5.74, 6) is 6.97.